The number of nitrogens with zero attached hydrogens (tertiary/aromatic N) is 6. The lowest BCUT2D eigenvalue weighted by Crippen LogP contribution is -2.58. The molecule has 50 heavy (non-hydrogen) atoms. The predicted octanol–water partition coefficient (Wildman–Crippen LogP) is 5.44. The second-order valence-corrected chi connectivity index (χ2v) is 11.8. The fourth-order valence-corrected chi connectivity index (χ4v) is 5.88. The van der Waals surface area contributed by atoms with E-state index >= 15 is 0 Å². The molecule has 1 fully saturated rings. The zero-order valence-electron chi connectivity index (χ0n) is 24.7. The van der Waals surface area contributed by atoms with Crippen molar-refractivity contribution in [2.45, 2.75) is 36.4 Å². The molecule has 2 N–H and O–H groups in total. The van der Waals surface area contributed by atoms with Gasteiger partial charge in [-0.3, -0.25) is 4.79 Å². The van der Waals surface area contributed by atoms with Crippen LogP contribution in [0, 0.1) is 0 Å². The second kappa shape index (κ2) is 14.4. The number of hydrogen-bond acceptors (Lipinski definition) is 10. The number of fused-ring (bicyclic) bond motifs is 1. The number of hydrogen-bond donors (Lipinski definition) is 1. The second-order valence-electron chi connectivity index (χ2n) is 9.93. The third-order valence-corrected chi connectivity index (χ3v) is 8.43. The van der Waals surface area contributed by atoms with Gasteiger partial charge in [-0.05, 0) is 36.4 Å². The normalized spacial score (nSPS) is 16.0. The van der Waals surface area contributed by atoms with Gasteiger partial charge in [0.1, 0.15) is 28.9 Å². The first kappa shape index (κ1) is 37.8. The summed E-state index contributed by atoms with van der Waals surface area (Å²) in [5.74, 6) is -3.96. The molecule has 270 valence electrons. The summed E-state index contributed by atoms with van der Waals surface area (Å²) >= 11 is 0. The average Bonchev–Trinajstić information content (AvgIpc) is 3.03. The van der Waals surface area contributed by atoms with Crippen LogP contribution in [0.1, 0.15) is 11.4 Å². The number of piperazine rings is 1. The number of anilines is 1. The molecule has 13 nitrogen and oxygen atoms in total. The number of rotatable bonds is 7. The highest BCUT2D eigenvalue weighted by Gasteiger charge is 2.41. The largest absolute Gasteiger partial charge is 0.674 e. The molecule has 0 unspecified atom stereocenters. The Labute approximate surface area is 275 Å². The van der Waals surface area contributed by atoms with Crippen LogP contribution in [0.2, 0.25) is 0 Å². The van der Waals surface area contributed by atoms with E-state index in [0.717, 1.165) is 36.7 Å². The summed E-state index contributed by atoms with van der Waals surface area (Å²) in [6, 6.07) is 6.79. The first-order chi connectivity index (χ1) is 23.2. The number of alkyl halides is 9. The lowest BCUT2D eigenvalue weighted by molar-refractivity contribution is -0.275. The van der Waals surface area contributed by atoms with E-state index in [9.17, 15) is 57.8 Å². The van der Waals surface area contributed by atoms with E-state index < -0.39 is 76.1 Å². The predicted molar refractivity (Wildman–Crippen MR) is 152 cm³/mol. The summed E-state index contributed by atoms with van der Waals surface area (Å²) in [6.07, 6.45) is -12.5. The molecule has 0 amide bonds. The molecule has 1 atom stereocenters. The van der Waals surface area contributed by atoms with E-state index in [0.29, 0.717) is 9.87 Å². The SMILES string of the molecule is O=C(O)[C@H]1CN(c2cnc3cnc(C(F)(F)F)nc3n2)CCN1S(=O)(=O)c1ccc(OC(F)(F)F)cc1.[NH-]Cc1ccc(OC(F)(F)F)cc1. The number of benzene rings is 2. The van der Waals surface area contributed by atoms with E-state index in [-0.39, 0.29) is 30.2 Å². The van der Waals surface area contributed by atoms with Crippen LogP contribution in [0.3, 0.4) is 0 Å². The van der Waals surface area contributed by atoms with Gasteiger partial charge in [0.15, 0.2) is 5.65 Å². The van der Waals surface area contributed by atoms with Gasteiger partial charge in [0.2, 0.25) is 15.8 Å². The van der Waals surface area contributed by atoms with Gasteiger partial charge in [-0.2, -0.15) is 17.5 Å². The first-order valence-corrected chi connectivity index (χ1v) is 15.0. The maximum atomic E-state index is 13.1. The monoisotopic (exact) mass is 742 g/mol. The van der Waals surface area contributed by atoms with Crippen LogP contribution in [-0.4, -0.2) is 82.1 Å². The summed E-state index contributed by atoms with van der Waals surface area (Å²) in [5, 5.41) is 9.69. The van der Waals surface area contributed by atoms with Crippen LogP contribution in [-0.2, 0) is 27.5 Å². The van der Waals surface area contributed by atoms with Gasteiger partial charge in [0.25, 0.3) is 0 Å². The lowest BCUT2D eigenvalue weighted by atomic mass is 10.2. The molecule has 1 saturated heterocycles. The molecule has 2 aromatic carbocycles. The van der Waals surface area contributed by atoms with E-state index in [1.807, 2.05) is 0 Å². The number of nitrogens with one attached hydrogen (secondary N) is 1. The number of aliphatic carboxylic acids is 1. The minimum atomic E-state index is -4.99. The Morgan fingerprint density at radius 1 is 0.840 bits per heavy atom. The molecular formula is C27H21F9N7O6S-. The van der Waals surface area contributed by atoms with E-state index in [1.165, 1.54) is 29.2 Å². The molecule has 0 saturated carbocycles. The molecule has 0 aliphatic carbocycles. The third-order valence-electron chi connectivity index (χ3n) is 6.51. The van der Waals surface area contributed by atoms with Gasteiger partial charge in [-0.25, -0.2) is 28.4 Å². The molecule has 0 spiro atoms. The number of aromatic nitrogens is 4. The number of carboxylic acids is 1. The molecule has 3 heterocycles. The molecule has 0 radical (unpaired) electrons. The highest BCUT2D eigenvalue weighted by Crippen LogP contribution is 2.30. The molecule has 4 aromatic rings. The van der Waals surface area contributed by atoms with Crippen molar-refractivity contribution in [3.8, 4) is 11.5 Å². The Hall–Kier alpha value is -5.03. The smallest absolute Gasteiger partial charge is 0.573 e. The number of carboxylic acid groups (broad SMARTS) is 1. The topological polar surface area (TPSA) is 172 Å². The molecule has 5 rings (SSSR count). The van der Waals surface area contributed by atoms with Crippen molar-refractivity contribution in [1.82, 2.24) is 24.2 Å². The molecule has 23 heteroatoms. The maximum absolute atomic E-state index is 13.1. The van der Waals surface area contributed by atoms with Crippen molar-refractivity contribution < 1.29 is 67.3 Å². The number of ether oxygens (including phenoxy) is 2. The highest BCUT2D eigenvalue weighted by atomic mass is 32.2. The zero-order valence-corrected chi connectivity index (χ0v) is 25.5. The summed E-state index contributed by atoms with van der Waals surface area (Å²) in [7, 11) is -4.47. The fraction of sp³-hybridized carbons (Fsp3) is 0.296. The number of carbonyl (C=O) groups is 1. The van der Waals surface area contributed by atoms with Gasteiger partial charge in [0.05, 0.1) is 17.3 Å². The quantitative estimate of drug-likeness (QED) is 0.239. The van der Waals surface area contributed by atoms with Gasteiger partial charge in [-0.15, -0.1) is 32.9 Å². The molecular weight excluding hydrogens is 721 g/mol. The number of sulfonamides is 1. The van der Waals surface area contributed by atoms with Crippen LogP contribution in [0.4, 0.5) is 45.3 Å². The minimum Gasteiger partial charge on any atom is -0.674 e. The van der Waals surface area contributed by atoms with E-state index in [4.69, 9.17) is 5.73 Å². The van der Waals surface area contributed by atoms with Crippen molar-refractivity contribution in [2.75, 3.05) is 24.5 Å². The van der Waals surface area contributed by atoms with Crippen molar-refractivity contribution >= 4 is 33.0 Å². The third kappa shape index (κ3) is 9.78. The van der Waals surface area contributed by atoms with Gasteiger partial charge in [0, 0.05) is 19.6 Å². The lowest BCUT2D eigenvalue weighted by Gasteiger charge is -2.38. The summed E-state index contributed by atoms with van der Waals surface area (Å²) < 4.78 is 145. The van der Waals surface area contributed by atoms with Crippen molar-refractivity contribution in [3.05, 3.63) is 78.0 Å². The van der Waals surface area contributed by atoms with Crippen LogP contribution >= 0.6 is 0 Å². The summed E-state index contributed by atoms with van der Waals surface area (Å²) in [4.78, 5) is 27.2. The molecule has 0 bridgehead atoms. The minimum absolute atomic E-state index is 0.0451. The van der Waals surface area contributed by atoms with E-state index in [2.05, 4.69) is 29.4 Å². The Morgan fingerprint density at radius 3 is 1.90 bits per heavy atom. The van der Waals surface area contributed by atoms with Crippen LogP contribution in [0.5, 0.6) is 11.5 Å². The van der Waals surface area contributed by atoms with Crippen molar-refractivity contribution in [3.63, 3.8) is 0 Å². The Bertz CT molecular complexity index is 1910. The molecule has 1 aliphatic rings. The van der Waals surface area contributed by atoms with Crippen molar-refractivity contribution in [1.29, 1.82) is 0 Å². The summed E-state index contributed by atoms with van der Waals surface area (Å²) in [5.41, 5.74) is 7.13. The van der Waals surface area contributed by atoms with Gasteiger partial charge < -0.3 is 25.2 Å². The van der Waals surface area contributed by atoms with Crippen molar-refractivity contribution in [2.24, 2.45) is 0 Å². The number of halogens is 9. The van der Waals surface area contributed by atoms with Crippen LogP contribution in [0.25, 0.3) is 16.9 Å². The molecule has 1 aliphatic heterocycles. The Morgan fingerprint density at radius 2 is 1.40 bits per heavy atom. The fourth-order valence-electron chi connectivity index (χ4n) is 4.31. The standard InChI is InChI=1S/C19H14F6N6O5S.C8H7F3NO/c20-18(21,22)17-27-7-12-15(29-17)28-14(8-26-12)30-5-6-31(13(9-30)16(32)33)37(34,35)11-3-1-10(2-4-11)36-19(23,24)25;9-8(10,11)13-7-3-1-6(5-12)2-4-7/h1-4,7-8,13H,5-6,9H2,(H,32,33);1-4,12H,5H2/q;-1/t13-;/m1./s1. The zero-order chi connectivity index (χ0) is 37.1. The van der Waals surface area contributed by atoms with Crippen LogP contribution < -0.4 is 14.4 Å². The van der Waals surface area contributed by atoms with Crippen LogP contribution in [0.15, 0.2) is 65.8 Å². The first-order valence-electron chi connectivity index (χ1n) is 13.6. The highest BCUT2D eigenvalue weighted by molar-refractivity contribution is 7.89. The van der Waals surface area contributed by atoms with E-state index in [1.54, 1.807) is 0 Å². The summed E-state index contributed by atoms with van der Waals surface area (Å²) in [6.45, 7) is -0.930. The maximum Gasteiger partial charge on any atom is 0.573 e. The van der Waals surface area contributed by atoms with Gasteiger partial charge in [-0.1, -0.05) is 17.7 Å². The Kier molecular flexibility index (Phi) is 10.9. The molecule has 2 aromatic heterocycles. The van der Waals surface area contributed by atoms with Gasteiger partial charge >= 0.3 is 24.9 Å². The Balaban J connectivity index is 0.000000363. The average molecular weight is 743 g/mol.